The van der Waals surface area contributed by atoms with E-state index >= 15 is 0 Å². The zero-order valence-corrected chi connectivity index (χ0v) is 12.3. The molecule has 0 radical (unpaired) electrons. The van der Waals surface area contributed by atoms with Gasteiger partial charge in [-0.15, -0.1) is 0 Å². The molecule has 4 nitrogen and oxygen atoms in total. The maximum absolute atomic E-state index is 12.0. The highest BCUT2D eigenvalue weighted by Gasteiger charge is 2.15. The van der Waals surface area contributed by atoms with E-state index in [1.54, 1.807) is 0 Å². The van der Waals surface area contributed by atoms with E-state index in [4.69, 9.17) is 0 Å². The third-order valence-electron chi connectivity index (χ3n) is 3.67. The molecule has 0 aromatic carbocycles. The third-order valence-corrected chi connectivity index (χ3v) is 3.67. The molecule has 4 heteroatoms. The number of aryl methyl sites for hydroxylation is 2. The van der Waals surface area contributed by atoms with Gasteiger partial charge in [-0.2, -0.15) is 0 Å². The smallest absolute Gasteiger partial charge is 0.267 e. The lowest BCUT2D eigenvalue weighted by atomic mass is 10.1. The molecule has 0 spiro atoms. The number of nitrogens with zero attached hydrogens (tertiary/aromatic N) is 2. The van der Waals surface area contributed by atoms with Crippen molar-refractivity contribution in [1.29, 1.82) is 0 Å². The second kappa shape index (κ2) is 5.59. The van der Waals surface area contributed by atoms with Gasteiger partial charge in [0.1, 0.15) is 0 Å². The highest BCUT2D eigenvalue weighted by Crippen LogP contribution is 2.20. The molecule has 0 aliphatic carbocycles. The predicted octanol–water partition coefficient (Wildman–Crippen LogP) is 3.48. The number of rotatable bonds is 5. The molecule has 104 valence electrons. The summed E-state index contributed by atoms with van der Waals surface area (Å²) in [6, 6.07) is 2.24. The van der Waals surface area contributed by atoms with E-state index in [1.165, 1.54) is 19.3 Å². The average Bonchev–Trinajstić information content (AvgIpc) is 2.66. The summed E-state index contributed by atoms with van der Waals surface area (Å²) in [5.41, 5.74) is 2.73. The first-order valence-corrected chi connectivity index (χ1v) is 7.13. The number of pyridine rings is 1. The zero-order valence-electron chi connectivity index (χ0n) is 12.3. The van der Waals surface area contributed by atoms with Crippen LogP contribution in [0.25, 0.3) is 11.0 Å². The third kappa shape index (κ3) is 2.72. The van der Waals surface area contributed by atoms with Gasteiger partial charge >= 0.3 is 0 Å². The average molecular weight is 261 g/mol. The molecule has 2 rings (SSSR count). The van der Waals surface area contributed by atoms with Crippen LogP contribution in [0.2, 0.25) is 0 Å². The van der Waals surface area contributed by atoms with Crippen molar-refractivity contribution < 1.29 is 0 Å². The van der Waals surface area contributed by atoms with Crippen molar-refractivity contribution in [2.24, 2.45) is 0 Å². The topological polar surface area (TPSA) is 50.7 Å². The Balaban J connectivity index is 2.41. The molecule has 1 N–H and O–H groups in total. The molecule has 0 aliphatic heterocycles. The van der Waals surface area contributed by atoms with Crippen LogP contribution in [0.5, 0.6) is 0 Å². The molecule has 2 heterocycles. The molecule has 0 unspecified atom stereocenters. The van der Waals surface area contributed by atoms with Crippen molar-refractivity contribution in [1.82, 2.24) is 14.8 Å². The molecule has 1 atom stereocenters. The largest absolute Gasteiger partial charge is 0.273 e. The van der Waals surface area contributed by atoms with Crippen LogP contribution < -0.4 is 5.56 Å². The quantitative estimate of drug-likeness (QED) is 0.838. The first-order chi connectivity index (χ1) is 9.04. The van der Waals surface area contributed by atoms with Gasteiger partial charge in [0.25, 0.3) is 5.56 Å². The van der Waals surface area contributed by atoms with Gasteiger partial charge < -0.3 is 0 Å². The van der Waals surface area contributed by atoms with Crippen LogP contribution >= 0.6 is 0 Å². The van der Waals surface area contributed by atoms with Crippen molar-refractivity contribution in [2.75, 3.05) is 0 Å². The van der Waals surface area contributed by atoms with Crippen molar-refractivity contribution >= 4 is 11.0 Å². The number of hydrogen-bond acceptors (Lipinski definition) is 2. The van der Waals surface area contributed by atoms with Gasteiger partial charge in [0.05, 0.1) is 5.39 Å². The van der Waals surface area contributed by atoms with Gasteiger partial charge in [0.2, 0.25) is 0 Å². The molecule has 0 saturated carbocycles. The summed E-state index contributed by atoms with van der Waals surface area (Å²) in [5.74, 6) is 0. The molecule has 19 heavy (non-hydrogen) atoms. The molecule has 0 bridgehead atoms. The number of nitrogens with one attached hydrogen (secondary N) is 1. The molecule has 0 amide bonds. The number of aromatic nitrogens is 3. The normalized spacial score (nSPS) is 13.1. The summed E-state index contributed by atoms with van der Waals surface area (Å²) < 4.78 is 1.94. The fourth-order valence-corrected chi connectivity index (χ4v) is 2.63. The minimum atomic E-state index is -0.0256. The Labute approximate surface area is 113 Å². The maximum atomic E-state index is 12.0. The fourth-order valence-electron chi connectivity index (χ4n) is 2.63. The van der Waals surface area contributed by atoms with E-state index in [9.17, 15) is 4.79 Å². The van der Waals surface area contributed by atoms with Crippen molar-refractivity contribution in [3.63, 3.8) is 0 Å². The lowest BCUT2D eigenvalue weighted by molar-refractivity contribution is 0.445. The summed E-state index contributed by atoms with van der Waals surface area (Å²) in [5, 5.41) is 3.68. The van der Waals surface area contributed by atoms with Crippen LogP contribution in [0.3, 0.4) is 0 Å². The second-order valence-electron chi connectivity index (χ2n) is 5.43. The molecular weight excluding hydrogens is 238 g/mol. The number of aromatic amines is 1. The van der Waals surface area contributed by atoms with Crippen LogP contribution in [0.4, 0.5) is 0 Å². The van der Waals surface area contributed by atoms with E-state index in [2.05, 4.69) is 23.9 Å². The summed E-state index contributed by atoms with van der Waals surface area (Å²) in [6.45, 7) is 8.28. The van der Waals surface area contributed by atoms with Gasteiger partial charge in [-0.1, -0.05) is 26.2 Å². The van der Waals surface area contributed by atoms with Gasteiger partial charge in [0.15, 0.2) is 5.65 Å². The standard InChI is InChI=1S/C15H23N3O/c1-5-6-7-8-12(4)18-14-13(15(19)17-18)10(2)9-11(3)16-14/h9,12H,5-8H2,1-4H3,(H,17,19)/t12-/m1/s1. The van der Waals surface area contributed by atoms with Crippen LogP contribution in [0.1, 0.15) is 56.8 Å². The minimum Gasteiger partial charge on any atom is -0.267 e. The lowest BCUT2D eigenvalue weighted by Gasteiger charge is -2.13. The van der Waals surface area contributed by atoms with Crippen LogP contribution in [0, 0.1) is 13.8 Å². The number of fused-ring (bicyclic) bond motifs is 1. The molecule has 0 fully saturated rings. The van der Waals surface area contributed by atoms with Crippen LogP contribution in [0.15, 0.2) is 10.9 Å². The Bertz CT molecular complexity index is 624. The number of hydrogen-bond donors (Lipinski definition) is 1. The van der Waals surface area contributed by atoms with Crippen molar-refractivity contribution in [2.45, 2.75) is 59.4 Å². The van der Waals surface area contributed by atoms with Gasteiger partial charge in [-0.3, -0.25) is 14.6 Å². The minimum absolute atomic E-state index is 0.0256. The number of unbranched alkanes of at least 4 members (excludes halogenated alkanes) is 2. The van der Waals surface area contributed by atoms with E-state index in [1.807, 2.05) is 24.6 Å². The van der Waals surface area contributed by atoms with Gasteiger partial charge in [0, 0.05) is 11.7 Å². The van der Waals surface area contributed by atoms with E-state index in [-0.39, 0.29) is 11.6 Å². The SMILES string of the molecule is CCCCC[C@@H](C)n1[nH]c(=O)c2c(C)cc(C)nc21. The van der Waals surface area contributed by atoms with Crippen LogP contribution in [-0.4, -0.2) is 14.8 Å². The first kappa shape index (κ1) is 13.8. The second-order valence-corrected chi connectivity index (χ2v) is 5.43. The predicted molar refractivity (Wildman–Crippen MR) is 78.7 cm³/mol. The summed E-state index contributed by atoms with van der Waals surface area (Å²) in [6.07, 6.45) is 4.71. The lowest BCUT2D eigenvalue weighted by Crippen LogP contribution is -2.11. The zero-order chi connectivity index (χ0) is 14.0. The monoisotopic (exact) mass is 261 g/mol. The van der Waals surface area contributed by atoms with Gasteiger partial charge in [-0.05, 0) is 38.8 Å². The Morgan fingerprint density at radius 2 is 2.11 bits per heavy atom. The van der Waals surface area contributed by atoms with Crippen LogP contribution in [-0.2, 0) is 0 Å². The molecule has 0 saturated heterocycles. The van der Waals surface area contributed by atoms with Crippen molar-refractivity contribution in [3.05, 3.63) is 27.7 Å². The fraction of sp³-hybridized carbons (Fsp3) is 0.600. The number of H-pyrrole nitrogens is 1. The van der Waals surface area contributed by atoms with E-state index < -0.39 is 0 Å². The summed E-state index contributed by atoms with van der Waals surface area (Å²) in [4.78, 5) is 16.6. The molecule has 0 aliphatic rings. The van der Waals surface area contributed by atoms with E-state index in [0.29, 0.717) is 0 Å². The first-order valence-electron chi connectivity index (χ1n) is 7.13. The highest BCUT2D eigenvalue weighted by molar-refractivity contribution is 5.78. The Morgan fingerprint density at radius 1 is 1.37 bits per heavy atom. The molecule has 2 aromatic rings. The molecule has 2 aromatic heterocycles. The Hall–Kier alpha value is -1.58. The summed E-state index contributed by atoms with van der Waals surface area (Å²) >= 11 is 0. The Kier molecular flexibility index (Phi) is 4.08. The van der Waals surface area contributed by atoms with Gasteiger partial charge in [-0.25, -0.2) is 4.98 Å². The summed E-state index contributed by atoms with van der Waals surface area (Å²) in [7, 11) is 0. The Morgan fingerprint density at radius 3 is 2.79 bits per heavy atom. The maximum Gasteiger partial charge on any atom is 0.273 e. The van der Waals surface area contributed by atoms with E-state index in [0.717, 1.165) is 28.7 Å². The molecular formula is C15H23N3O. The highest BCUT2D eigenvalue weighted by atomic mass is 16.1. The van der Waals surface area contributed by atoms with Crippen molar-refractivity contribution in [3.8, 4) is 0 Å².